The smallest absolute Gasteiger partial charge is 0.0736 e. The van der Waals surface area contributed by atoms with E-state index >= 15 is 0 Å². The first kappa shape index (κ1) is 21.6. The second-order valence-electron chi connectivity index (χ2n) is 10.8. The van der Waals surface area contributed by atoms with E-state index in [0.717, 1.165) is 6.42 Å². The number of aromatic nitrogens is 1. The molecule has 39 heavy (non-hydrogen) atoms. The molecule has 3 aliphatic rings. The van der Waals surface area contributed by atoms with Gasteiger partial charge in [0.2, 0.25) is 0 Å². The minimum atomic E-state index is -0.345. The molecule has 1 aliphatic heterocycles. The second kappa shape index (κ2) is 7.88. The number of para-hydroxylation sites is 1. The largest absolute Gasteiger partial charge is 0.333 e. The lowest BCUT2D eigenvalue weighted by Crippen LogP contribution is -2.31. The normalized spacial score (nSPS) is 17.8. The standard InChI is InChI=1S/C37H25NS/c1-2-12-24(13-3-1)38-32-19-9-5-14-25(32)26-22-23-31-35(36(26)38)27-15-4-6-16-28(27)37(31)29-17-7-10-20-33(29)39-34-21-11-8-18-30(34)37/h1-12,14-24H,13H2. The second-order valence-corrected chi connectivity index (χ2v) is 11.9. The summed E-state index contributed by atoms with van der Waals surface area (Å²) in [6, 6.07) is 41.3. The predicted molar refractivity (Wildman–Crippen MR) is 163 cm³/mol. The number of nitrogens with zero attached hydrogens (tertiary/aromatic N) is 1. The Morgan fingerprint density at radius 2 is 1.31 bits per heavy atom. The van der Waals surface area contributed by atoms with Crippen LogP contribution >= 0.6 is 11.8 Å². The fourth-order valence-corrected chi connectivity index (χ4v) is 8.72. The van der Waals surface area contributed by atoms with Crippen molar-refractivity contribution in [3.05, 3.63) is 156 Å². The first-order valence-corrected chi connectivity index (χ1v) is 14.6. The van der Waals surface area contributed by atoms with Crippen LogP contribution in [0.5, 0.6) is 0 Å². The number of hydrogen-bond acceptors (Lipinski definition) is 1. The number of rotatable bonds is 1. The van der Waals surface area contributed by atoms with Crippen molar-refractivity contribution in [2.24, 2.45) is 0 Å². The van der Waals surface area contributed by atoms with Crippen LogP contribution < -0.4 is 0 Å². The van der Waals surface area contributed by atoms with Crippen molar-refractivity contribution >= 4 is 33.6 Å². The van der Waals surface area contributed by atoms with Gasteiger partial charge in [-0.05, 0) is 52.4 Å². The molecular weight excluding hydrogens is 490 g/mol. The Kier molecular flexibility index (Phi) is 4.37. The molecule has 0 amide bonds. The van der Waals surface area contributed by atoms with E-state index in [1.54, 1.807) is 0 Å². The fraction of sp³-hybridized carbons (Fsp3) is 0.0811. The highest BCUT2D eigenvalue weighted by molar-refractivity contribution is 7.99. The topological polar surface area (TPSA) is 4.93 Å². The van der Waals surface area contributed by atoms with E-state index in [4.69, 9.17) is 0 Å². The SMILES string of the molecule is C1=CCC(n2c3ccccc3c3ccc4c(c32)-c2ccccc2C42c3ccccc3Sc3ccccc32)C=C1. The summed E-state index contributed by atoms with van der Waals surface area (Å²) >= 11 is 1.90. The highest BCUT2D eigenvalue weighted by Gasteiger charge is 2.51. The van der Waals surface area contributed by atoms with Crippen LogP contribution in [0, 0.1) is 0 Å². The molecule has 9 rings (SSSR count). The van der Waals surface area contributed by atoms with Gasteiger partial charge in [0.25, 0.3) is 0 Å². The van der Waals surface area contributed by atoms with Crippen molar-refractivity contribution in [3.63, 3.8) is 0 Å². The quantitative estimate of drug-likeness (QED) is 0.211. The molecule has 1 spiro atoms. The van der Waals surface area contributed by atoms with Gasteiger partial charge in [0, 0.05) is 31.6 Å². The molecule has 6 aromatic rings. The Morgan fingerprint density at radius 1 is 0.615 bits per heavy atom. The molecule has 2 heteroatoms. The lowest BCUT2D eigenvalue weighted by Gasteiger charge is -2.39. The minimum Gasteiger partial charge on any atom is -0.333 e. The van der Waals surface area contributed by atoms with Crippen LogP contribution in [-0.4, -0.2) is 4.57 Å². The molecule has 184 valence electrons. The van der Waals surface area contributed by atoms with E-state index in [0.29, 0.717) is 0 Å². The summed E-state index contributed by atoms with van der Waals surface area (Å²) in [6.45, 7) is 0. The van der Waals surface area contributed by atoms with Crippen molar-refractivity contribution < 1.29 is 0 Å². The Hall–Kier alpha value is -4.27. The third-order valence-electron chi connectivity index (χ3n) is 8.97. The average Bonchev–Trinajstić information content (AvgIpc) is 3.49. The summed E-state index contributed by atoms with van der Waals surface area (Å²) in [5, 5.41) is 2.67. The Balaban J connectivity index is 1.51. The zero-order valence-electron chi connectivity index (χ0n) is 21.3. The first-order valence-electron chi connectivity index (χ1n) is 13.7. The van der Waals surface area contributed by atoms with Crippen molar-refractivity contribution in [2.75, 3.05) is 0 Å². The Morgan fingerprint density at radius 3 is 2.08 bits per heavy atom. The molecule has 0 saturated heterocycles. The van der Waals surface area contributed by atoms with Gasteiger partial charge < -0.3 is 4.57 Å². The summed E-state index contributed by atoms with van der Waals surface area (Å²) in [6.07, 6.45) is 10.0. The number of allylic oxidation sites excluding steroid dienone is 4. The molecule has 0 N–H and O–H groups in total. The molecule has 1 unspecified atom stereocenters. The van der Waals surface area contributed by atoms with Crippen LogP contribution in [0.3, 0.4) is 0 Å². The van der Waals surface area contributed by atoms with Crippen LogP contribution in [0.4, 0.5) is 0 Å². The molecular formula is C37H25NS. The molecule has 0 saturated carbocycles. The fourth-order valence-electron chi connectivity index (χ4n) is 7.53. The zero-order chi connectivity index (χ0) is 25.6. The Labute approximate surface area is 232 Å². The molecule has 0 bridgehead atoms. The number of hydrogen-bond donors (Lipinski definition) is 0. The molecule has 1 nitrogen and oxygen atoms in total. The summed E-state index contributed by atoms with van der Waals surface area (Å²) < 4.78 is 2.62. The van der Waals surface area contributed by atoms with E-state index in [1.807, 2.05) is 11.8 Å². The van der Waals surface area contributed by atoms with Gasteiger partial charge in [-0.25, -0.2) is 0 Å². The maximum atomic E-state index is 2.62. The van der Waals surface area contributed by atoms with Crippen LogP contribution in [0.25, 0.3) is 32.9 Å². The highest BCUT2D eigenvalue weighted by Crippen LogP contribution is 2.63. The van der Waals surface area contributed by atoms with Gasteiger partial charge in [-0.15, -0.1) is 0 Å². The molecule has 5 aromatic carbocycles. The summed E-state index contributed by atoms with van der Waals surface area (Å²) in [5.74, 6) is 0. The number of benzene rings is 5. The van der Waals surface area contributed by atoms with Gasteiger partial charge in [0.15, 0.2) is 0 Å². The van der Waals surface area contributed by atoms with Gasteiger partial charge in [-0.3, -0.25) is 0 Å². The van der Waals surface area contributed by atoms with E-state index < -0.39 is 0 Å². The lowest BCUT2D eigenvalue weighted by atomic mass is 9.67. The third kappa shape index (κ3) is 2.67. The maximum Gasteiger partial charge on any atom is 0.0736 e. The van der Waals surface area contributed by atoms with Crippen LogP contribution in [0.1, 0.15) is 34.7 Å². The van der Waals surface area contributed by atoms with Crippen molar-refractivity contribution in [1.29, 1.82) is 0 Å². The van der Waals surface area contributed by atoms with E-state index in [9.17, 15) is 0 Å². The molecule has 1 aromatic heterocycles. The summed E-state index contributed by atoms with van der Waals surface area (Å²) in [4.78, 5) is 2.69. The van der Waals surface area contributed by atoms with Crippen molar-refractivity contribution in [3.8, 4) is 11.1 Å². The van der Waals surface area contributed by atoms with E-state index in [2.05, 4.69) is 138 Å². The van der Waals surface area contributed by atoms with Crippen LogP contribution in [0.2, 0.25) is 0 Å². The monoisotopic (exact) mass is 515 g/mol. The van der Waals surface area contributed by atoms with Crippen LogP contribution in [-0.2, 0) is 5.41 Å². The Bertz CT molecular complexity index is 1990. The van der Waals surface area contributed by atoms with Gasteiger partial charge in [-0.1, -0.05) is 127 Å². The number of fused-ring (bicyclic) bond motifs is 13. The molecule has 0 fully saturated rings. The summed E-state index contributed by atoms with van der Waals surface area (Å²) in [7, 11) is 0. The molecule has 1 atom stereocenters. The van der Waals surface area contributed by atoms with Crippen molar-refractivity contribution in [1.82, 2.24) is 4.57 Å². The van der Waals surface area contributed by atoms with Crippen LogP contribution in [0.15, 0.2) is 143 Å². The van der Waals surface area contributed by atoms with Gasteiger partial charge in [-0.2, -0.15) is 0 Å². The third-order valence-corrected chi connectivity index (χ3v) is 10.1. The first-order chi connectivity index (χ1) is 19.4. The minimum absolute atomic E-state index is 0.286. The van der Waals surface area contributed by atoms with E-state index in [-0.39, 0.29) is 11.5 Å². The predicted octanol–water partition coefficient (Wildman–Crippen LogP) is 9.68. The zero-order valence-corrected chi connectivity index (χ0v) is 22.2. The average molecular weight is 516 g/mol. The van der Waals surface area contributed by atoms with E-state index in [1.165, 1.54) is 65.0 Å². The summed E-state index contributed by atoms with van der Waals surface area (Å²) in [5.41, 5.74) is 10.6. The highest BCUT2D eigenvalue weighted by atomic mass is 32.2. The van der Waals surface area contributed by atoms with Gasteiger partial charge >= 0.3 is 0 Å². The van der Waals surface area contributed by atoms with Gasteiger partial charge in [0.05, 0.1) is 17.0 Å². The van der Waals surface area contributed by atoms with Crippen molar-refractivity contribution in [2.45, 2.75) is 27.7 Å². The molecule has 0 radical (unpaired) electrons. The molecule has 2 aliphatic carbocycles. The molecule has 2 heterocycles. The van der Waals surface area contributed by atoms with Gasteiger partial charge in [0.1, 0.15) is 0 Å². The maximum absolute atomic E-state index is 2.62. The lowest BCUT2D eigenvalue weighted by molar-refractivity contribution is 0.648.